The van der Waals surface area contributed by atoms with Crippen molar-refractivity contribution < 1.29 is 27.6 Å². The Kier molecular flexibility index (Phi) is 18.4. The van der Waals surface area contributed by atoms with Crippen molar-refractivity contribution in [2.75, 3.05) is 12.9 Å². The summed E-state index contributed by atoms with van der Waals surface area (Å²) in [7, 11) is -2.44. The summed E-state index contributed by atoms with van der Waals surface area (Å²) in [5.74, 6) is 0.113. The second-order valence-corrected chi connectivity index (χ2v) is 11.3. The van der Waals surface area contributed by atoms with Crippen LogP contribution in [0.1, 0.15) is 119 Å². The molecule has 2 rings (SSSR count). The first-order valence-corrected chi connectivity index (χ1v) is 15.7. The molecule has 0 spiro atoms. The summed E-state index contributed by atoms with van der Waals surface area (Å²) >= 11 is 0. The third kappa shape index (κ3) is 16.6. The van der Waals surface area contributed by atoms with E-state index >= 15 is 0 Å². The highest BCUT2D eigenvalue weighted by atomic mass is 32.2. The minimum atomic E-state index is -3.99. The molecule has 214 valence electrons. The Morgan fingerprint density at radius 2 is 1.29 bits per heavy atom. The maximum atomic E-state index is 12.1. The van der Waals surface area contributed by atoms with Crippen LogP contribution in [-0.2, 0) is 10.1 Å². The zero-order chi connectivity index (χ0) is 28.1. The van der Waals surface area contributed by atoms with Gasteiger partial charge in [0.25, 0.3) is 0 Å². The Labute approximate surface area is 230 Å². The summed E-state index contributed by atoms with van der Waals surface area (Å²) in [5, 5.41) is 10.1. The number of rotatable bonds is 19. The predicted molar refractivity (Wildman–Crippen MR) is 154 cm³/mol. The highest BCUT2D eigenvalue weighted by molar-refractivity contribution is 7.85. The summed E-state index contributed by atoms with van der Waals surface area (Å²) in [6, 6.07) is 15.6. The molecule has 7 heteroatoms. The van der Waals surface area contributed by atoms with Gasteiger partial charge in [-0.3, -0.25) is 4.79 Å². The molecule has 0 amide bonds. The molecule has 0 heterocycles. The topological polar surface area (TPSA) is 104 Å². The Balaban J connectivity index is 0.000000381. The zero-order valence-corrected chi connectivity index (χ0v) is 24.1. The monoisotopic (exact) mass is 547 g/mol. The van der Waals surface area contributed by atoms with Gasteiger partial charge in [0.15, 0.2) is 5.78 Å². The lowest BCUT2D eigenvalue weighted by molar-refractivity contribution is 0.0747. The van der Waals surface area contributed by atoms with Crippen LogP contribution in [0.25, 0.3) is 0 Å². The molecule has 1 atom stereocenters. The van der Waals surface area contributed by atoms with Crippen LogP contribution in [0.5, 0.6) is 5.75 Å². The van der Waals surface area contributed by atoms with Gasteiger partial charge in [-0.05, 0) is 24.1 Å². The van der Waals surface area contributed by atoms with Crippen LogP contribution in [0, 0.1) is 0 Å². The standard InChI is InChI=1S/C16H34O3S.C15H14O3/c1-2-3-4-5-6-7-8-9-10-11-12-13-14-15-16-20(17,18)19;1-18-13-9-5-8-12(10-13)15(17)14(16)11-6-3-2-4-7-11/h2-16H2,1H3,(H,17,18,19);2-10,15,17H,1H3/p-1. The minimum Gasteiger partial charge on any atom is -0.748 e. The number of carbonyl (C=O) groups excluding carboxylic acids is 1. The second-order valence-electron chi connectivity index (χ2n) is 9.77. The van der Waals surface area contributed by atoms with E-state index in [9.17, 15) is 22.9 Å². The fourth-order valence-corrected chi connectivity index (χ4v) is 4.75. The summed E-state index contributed by atoms with van der Waals surface area (Å²) in [6.45, 7) is 2.25. The highest BCUT2D eigenvalue weighted by Gasteiger charge is 2.19. The van der Waals surface area contributed by atoms with Crippen molar-refractivity contribution >= 4 is 15.9 Å². The molecular weight excluding hydrogens is 500 g/mol. The molecule has 0 aliphatic carbocycles. The number of hydrogen-bond donors (Lipinski definition) is 1. The van der Waals surface area contributed by atoms with Gasteiger partial charge < -0.3 is 14.4 Å². The normalized spacial score (nSPS) is 11.9. The summed E-state index contributed by atoms with van der Waals surface area (Å²) < 4.78 is 36.3. The van der Waals surface area contributed by atoms with E-state index in [4.69, 9.17) is 4.74 Å². The molecule has 2 aromatic carbocycles. The van der Waals surface area contributed by atoms with Crippen molar-refractivity contribution in [2.45, 2.75) is 103 Å². The Morgan fingerprint density at radius 3 is 1.76 bits per heavy atom. The number of ketones is 1. The van der Waals surface area contributed by atoms with Crippen molar-refractivity contribution in [1.29, 1.82) is 0 Å². The maximum absolute atomic E-state index is 12.1. The summed E-state index contributed by atoms with van der Waals surface area (Å²) in [4.78, 5) is 12.1. The van der Waals surface area contributed by atoms with Gasteiger partial charge in [-0.15, -0.1) is 0 Å². The van der Waals surface area contributed by atoms with E-state index in [0.717, 1.165) is 12.8 Å². The average molecular weight is 548 g/mol. The average Bonchev–Trinajstić information content (AvgIpc) is 2.92. The third-order valence-corrected chi connectivity index (χ3v) is 7.25. The molecule has 0 saturated heterocycles. The number of methoxy groups -OCH3 is 1. The minimum absolute atomic E-state index is 0.189. The molecule has 0 aliphatic heterocycles. The van der Waals surface area contributed by atoms with Crippen LogP contribution in [0.15, 0.2) is 54.6 Å². The van der Waals surface area contributed by atoms with E-state index in [0.29, 0.717) is 23.3 Å². The van der Waals surface area contributed by atoms with Gasteiger partial charge in [0.2, 0.25) is 0 Å². The van der Waals surface area contributed by atoms with Crippen molar-refractivity contribution in [3.05, 3.63) is 65.7 Å². The number of Topliss-reactive ketones (excluding diaryl/α,β-unsaturated/α-hetero) is 1. The van der Waals surface area contributed by atoms with Crippen LogP contribution in [0.4, 0.5) is 0 Å². The Bertz CT molecular complexity index is 975. The molecule has 0 bridgehead atoms. The number of aliphatic hydroxyl groups excluding tert-OH is 1. The van der Waals surface area contributed by atoms with E-state index < -0.39 is 16.2 Å². The van der Waals surface area contributed by atoms with Gasteiger partial charge in [0.05, 0.1) is 17.2 Å². The quantitative estimate of drug-likeness (QED) is 0.110. The van der Waals surface area contributed by atoms with Crippen molar-refractivity contribution in [3.63, 3.8) is 0 Å². The van der Waals surface area contributed by atoms with E-state index in [2.05, 4.69) is 6.92 Å². The van der Waals surface area contributed by atoms with Crippen LogP contribution >= 0.6 is 0 Å². The van der Waals surface area contributed by atoms with Crippen molar-refractivity contribution in [1.82, 2.24) is 0 Å². The Hall–Kier alpha value is -2.22. The SMILES string of the molecule is CCCCCCCCCCCCCCCCS(=O)(=O)[O-].COc1cccc(C(O)C(=O)c2ccccc2)c1. The molecule has 1 unspecified atom stereocenters. The van der Waals surface area contributed by atoms with E-state index in [1.165, 1.54) is 70.6 Å². The number of ether oxygens (including phenoxy) is 1. The lowest BCUT2D eigenvalue weighted by atomic mass is 10.00. The molecule has 1 N–H and O–H groups in total. The predicted octanol–water partition coefficient (Wildman–Crippen LogP) is 7.62. The zero-order valence-electron chi connectivity index (χ0n) is 23.3. The van der Waals surface area contributed by atoms with Crippen LogP contribution in [0.3, 0.4) is 0 Å². The summed E-state index contributed by atoms with van der Waals surface area (Å²) in [6.07, 6.45) is 16.0. The molecule has 2 aromatic rings. The molecule has 0 saturated carbocycles. The number of benzene rings is 2. The number of carbonyl (C=O) groups is 1. The maximum Gasteiger partial charge on any atom is 0.195 e. The van der Waals surface area contributed by atoms with Crippen LogP contribution < -0.4 is 4.74 Å². The van der Waals surface area contributed by atoms with Crippen molar-refractivity contribution in [2.24, 2.45) is 0 Å². The number of unbranched alkanes of at least 4 members (excludes halogenated alkanes) is 13. The first-order valence-electron chi connectivity index (χ1n) is 14.1. The molecule has 0 radical (unpaired) electrons. The lowest BCUT2D eigenvalue weighted by Gasteiger charge is -2.11. The number of hydrogen-bond acceptors (Lipinski definition) is 6. The molecular formula is C31H47O6S-. The second kappa shape index (κ2) is 20.7. The van der Waals surface area contributed by atoms with Crippen molar-refractivity contribution in [3.8, 4) is 5.75 Å². The third-order valence-electron chi connectivity index (χ3n) is 6.46. The van der Waals surface area contributed by atoms with E-state index in [1.54, 1.807) is 55.6 Å². The van der Waals surface area contributed by atoms with Crippen LogP contribution in [0.2, 0.25) is 0 Å². The highest BCUT2D eigenvalue weighted by Crippen LogP contribution is 2.22. The largest absolute Gasteiger partial charge is 0.748 e. The number of aliphatic hydroxyl groups is 1. The van der Waals surface area contributed by atoms with Gasteiger partial charge in [0, 0.05) is 11.3 Å². The molecule has 38 heavy (non-hydrogen) atoms. The van der Waals surface area contributed by atoms with E-state index in [1.807, 2.05) is 6.07 Å². The van der Waals surface area contributed by atoms with Gasteiger partial charge in [0.1, 0.15) is 11.9 Å². The molecule has 0 aromatic heterocycles. The van der Waals surface area contributed by atoms with Crippen LogP contribution in [-0.4, -0.2) is 36.7 Å². The van der Waals surface area contributed by atoms with Gasteiger partial charge >= 0.3 is 0 Å². The fraction of sp³-hybridized carbons (Fsp3) is 0.581. The lowest BCUT2D eigenvalue weighted by Crippen LogP contribution is -2.12. The van der Waals surface area contributed by atoms with E-state index in [-0.39, 0.29) is 11.5 Å². The van der Waals surface area contributed by atoms with Gasteiger partial charge in [-0.1, -0.05) is 133 Å². The fourth-order valence-electron chi connectivity index (χ4n) is 4.20. The Morgan fingerprint density at radius 1 is 0.789 bits per heavy atom. The molecule has 0 aliphatic rings. The first-order chi connectivity index (χ1) is 18.3. The smallest absolute Gasteiger partial charge is 0.195 e. The first kappa shape index (κ1) is 33.8. The van der Waals surface area contributed by atoms with Gasteiger partial charge in [-0.25, -0.2) is 8.42 Å². The summed E-state index contributed by atoms with van der Waals surface area (Å²) in [5.41, 5.74) is 1.02. The molecule has 6 nitrogen and oxygen atoms in total. The van der Waals surface area contributed by atoms with Gasteiger partial charge in [-0.2, -0.15) is 0 Å². The molecule has 0 fully saturated rings.